The highest BCUT2D eigenvalue weighted by molar-refractivity contribution is 7.14. The number of hydrogen-bond acceptors (Lipinski definition) is 7. The van der Waals surface area contributed by atoms with Crippen molar-refractivity contribution in [3.63, 3.8) is 0 Å². The topological polar surface area (TPSA) is 75.6 Å². The van der Waals surface area contributed by atoms with E-state index in [0.717, 1.165) is 31.7 Å². The zero-order valence-corrected chi connectivity index (χ0v) is 14.4. The Morgan fingerprint density at radius 3 is 2.84 bits per heavy atom. The van der Waals surface area contributed by atoms with Crippen molar-refractivity contribution in [2.75, 3.05) is 31.1 Å². The third-order valence-corrected chi connectivity index (χ3v) is 5.18. The van der Waals surface area contributed by atoms with E-state index < -0.39 is 0 Å². The highest BCUT2D eigenvalue weighted by Crippen LogP contribution is 2.22. The van der Waals surface area contributed by atoms with E-state index in [1.165, 1.54) is 5.00 Å². The van der Waals surface area contributed by atoms with Crippen LogP contribution in [0.4, 0.5) is 5.00 Å². The van der Waals surface area contributed by atoms with Gasteiger partial charge in [0, 0.05) is 39.0 Å². The lowest BCUT2D eigenvalue weighted by molar-refractivity contribution is -0.131. The fraction of sp³-hybridized carbons (Fsp3) is 0.353. The summed E-state index contributed by atoms with van der Waals surface area (Å²) in [6.45, 7) is 3.25. The molecule has 1 amide bonds. The molecule has 0 atom stereocenters. The molecule has 1 aliphatic heterocycles. The minimum Gasteiger partial charge on any atom is -0.472 e. The van der Waals surface area contributed by atoms with Crippen molar-refractivity contribution in [1.29, 1.82) is 0 Å². The van der Waals surface area contributed by atoms with Gasteiger partial charge in [0.2, 0.25) is 17.6 Å². The molecule has 0 aliphatic carbocycles. The van der Waals surface area contributed by atoms with Crippen molar-refractivity contribution in [3.8, 4) is 11.4 Å². The van der Waals surface area contributed by atoms with Gasteiger partial charge in [-0.25, -0.2) is 0 Å². The minimum atomic E-state index is 0.133. The molecule has 0 spiro atoms. The normalized spacial score (nSPS) is 14.9. The number of furan rings is 1. The Morgan fingerprint density at radius 2 is 2.12 bits per heavy atom. The molecule has 4 rings (SSSR count). The van der Waals surface area contributed by atoms with Crippen LogP contribution in [-0.4, -0.2) is 47.1 Å². The highest BCUT2D eigenvalue weighted by atomic mass is 32.1. The molecular formula is C17H18N4O3S. The highest BCUT2D eigenvalue weighted by Gasteiger charge is 2.22. The zero-order valence-electron chi connectivity index (χ0n) is 13.6. The predicted molar refractivity (Wildman–Crippen MR) is 93.4 cm³/mol. The average molecular weight is 358 g/mol. The van der Waals surface area contributed by atoms with E-state index in [9.17, 15) is 4.79 Å². The van der Waals surface area contributed by atoms with Crippen molar-refractivity contribution in [1.82, 2.24) is 15.0 Å². The van der Waals surface area contributed by atoms with Crippen LogP contribution in [0.3, 0.4) is 0 Å². The van der Waals surface area contributed by atoms with Crippen LogP contribution in [0.5, 0.6) is 0 Å². The van der Waals surface area contributed by atoms with Crippen molar-refractivity contribution in [2.24, 2.45) is 0 Å². The Balaban J connectivity index is 1.27. The fourth-order valence-electron chi connectivity index (χ4n) is 2.86. The smallest absolute Gasteiger partial charge is 0.227 e. The van der Waals surface area contributed by atoms with Gasteiger partial charge in [-0.3, -0.25) is 4.79 Å². The van der Waals surface area contributed by atoms with Gasteiger partial charge in [0.25, 0.3) is 0 Å². The van der Waals surface area contributed by atoms with Crippen LogP contribution in [0.15, 0.2) is 45.0 Å². The first-order valence-electron chi connectivity index (χ1n) is 8.21. The molecule has 3 aromatic rings. The van der Waals surface area contributed by atoms with Crippen LogP contribution in [0.25, 0.3) is 11.4 Å². The number of anilines is 1. The average Bonchev–Trinajstić information content (AvgIpc) is 3.42. The van der Waals surface area contributed by atoms with E-state index in [4.69, 9.17) is 8.94 Å². The van der Waals surface area contributed by atoms with E-state index in [1.807, 2.05) is 4.90 Å². The number of aryl methyl sites for hydroxylation is 1. The maximum absolute atomic E-state index is 12.4. The van der Waals surface area contributed by atoms with Gasteiger partial charge in [0.15, 0.2) is 0 Å². The second-order valence-electron chi connectivity index (χ2n) is 5.84. The van der Waals surface area contributed by atoms with E-state index in [0.29, 0.717) is 24.6 Å². The molecular weight excluding hydrogens is 340 g/mol. The number of carbonyl (C=O) groups excluding carboxylic acids is 1. The van der Waals surface area contributed by atoms with E-state index in [-0.39, 0.29) is 5.91 Å². The van der Waals surface area contributed by atoms with E-state index in [1.54, 1.807) is 29.9 Å². The summed E-state index contributed by atoms with van der Waals surface area (Å²) in [6.07, 6.45) is 3.96. The first-order chi connectivity index (χ1) is 12.3. The van der Waals surface area contributed by atoms with Gasteiger partial charge < -0.3 is 18.7 Å². The molecule has 0 aromatic carbocycles. The van der Waals surface area contributed by atoms with Gasteiger partial charge in [0.1, 0.15) is 6.26 Å². The minimum absolute atomic E-state index is 0.133. The molecule has 0 saturated carbocycles. The van der Waals surface area contributed by atoms with Gasteiger partial charge in [-0.05, 0) is 23.6 Å². The number of piperazine rings is 1. The molecule has 3 aromatic heterocycles. The van der Waals surface area contributed by atoms with E-state index >= 15 is 0 Å². The summed E-state index contributed by atoms with van der Waals surface area (Å²) in [4.78, 5) is 20.9. The SMILES string of the molecule is O=C(CCc1nc(-c2ccoc2)no1)N1CCN(c2cccs2)CC1. The van der Waals surface area contributed by atoms with Crippen LogP contribution in [0.1, 0.15) is 12.3 Å². The summed E-state index contributed by atoms with van der Waals surface area (Å²) in [5.74, 6) is 1.09. The zero-order chi connectivity index (χ0) is 17.1. The third kappa shape index (κ3) is 3.58. The van der Waals surface area contributed by atoms with E-state index in [2.05, 4.69) is 32.6 Å². The fourth-order valence-corrected chi connectivity index (χ4v) is 3.65. The third-order valence-electron chi connectivity index (χ3n) is 4.25. The Hall–Kier alpha value is -2.61. The molecule has 4 heterocycles. The molecule has 8 heteroatoms. The second kappa shape index (κ2) is 7.10. The molecule has 7 nitrogen and oxygen atoms in total. The second-order valence-corrected chi connectivity index (χ2v) is 6.77. The molecule has 0 N–H and O–H groups in total. The molecule has 0 bridgehead atoms. The largest absolute Gasteiger partial charge is 0.472 e. The maximum Gasteiger partial charge on any atom is 0.227 e. The summed E-state index contributed by atoms with van der Waals surface area (Å²) in [7, 11) is 0. The van der Waals surface area contributed by atoms with Crippen molar-refractivity contribution >= 4 is 22.2 Å². The summed E-state index contributed by atoms with van der Waals surface area (Å²) in [5, 5.41) is 7.26. The Kier molecular flexibility index (Phi) is 4.51. The molecule has 0 radical (unpaired) electrons. The lowest BCUT2D eigenvalue weighted by Gasteiger charge is -2.35. The first kappa shape index (κ1) is 15.9. The van der Waals surface area contributed by atoms with Crippen LogP contribution >= 0.6 is 11.3 Å². The molecule has 1 aliphatic rings. The number of carbonyl (C=O) groups is 1. The van der Waals surface area contributed by atoms with Crippen molar-refractivity contribution in [2.45, 2.75) is 12.8 Å². The molecule has 130 valence electrons. The number of hydrogen-bond donors (Lipinski definition) is 0. The number of nitrogens with zero attached hydrogens (tertiary/aromatic N) is 4. The Morgan fingerprint density at radius 1 is 1.24 bits per heavy atom. The quantitative estimate of drug-likeness (QED) is 0.698. The number of aromatic nitrogens is 2. The van der Waals surface area contributed by atoms with Gasteiger partial charge in [0.05, 0.1) is 16.8 Å². The lowest BCUT2D eigenvalue weighted by atomic mass is 10.2. The number of thiophene rings is 1. The van der Waals surface area contributed by atoms with Crippen LogP contribution in [0, 0.1) is 0 Å². The molecule has 0 unspecified atom stereocenters. The van der Waals surface area contributed by atoms with Crippen LogP contribution in [-0.2, 0) is 11.2 Å². The summed E-state index contributed by atoms with van der Waals surface area (Å²) in [6, 6.07) is 5.95. The van der Waals surface area contributed by atoms with Gasteiger partial charge in [-0.2, -0.15) is 4.98 Å². The van der Waals surface area contributed by atoms with Crippen molar-refractivity contribution in [3.05, 3.63) is 42.0 Å². The summed E-state index contributed by atoms with van der Waals surface area (Å²) < 4.78 is 10.2. The Labute approximate surface area is 148 Å². The van der Waals surface area contributed by atoms with Crippen LogP contribution < -0.4 is 4.90 Å². The molecule has 25 heavy (non-hydrogen) atoms. The molecule has 1 saturated heterocycles. The van der Waals surface area contributed by atoms with Crippen molar-refractivity contribution < 1.29 is 13.7 Å². The summed E-state index contributed by atoms with van der Waals surface area (Å²) in [5.41, 5.74) is 0.769. The predicted octanol–water partition coefficient (Wildman–Crippen LogP) is 2.67. The van der Waals surface area contributed by atoms with Gasteiger partial charge >= 0.3 is 0 Å². The number of amides is 1. The number of rotatable bonds is 5. The standard InChI is InChI=1S/C17H18N4O3S/c22-15(20-6-8-21(9-7-20)16-2-1-11-25-16)4-3-14-18-17(19-24-14)13-5-10-23-12-13/h1-2,5,10-12H,3-4,6-9H2. The van der Waals surface area contributed by atoms with Gasteiger partial charge in [-0.15, -0.1) is 11.3 Å². The summed E-state index contributed by atoms with van der Waals surface area (Å²) >= 11 is 1.74. The maximum atomic E-state index is 12.4. The lowest BCUT2D eigenvalue weighted by Crippen LogP contribution is -2.48. The Bertz CT molecular complexity index is 805. The van der Waals surface area contributed by atoms with Crippen LogP contribution in [0.2, 0.25) is 0 Å². The first-order valence-corrected chi connectivity index (χ1v) is 9.09. The van der Waals surface area contributed by atoms with Gasteiger partial charge in [-0.1, -0.05) is 5.16 Å². The molecule has 1 fully saturated rings. The monoisotopic (exact) mass is 358 g/mol.